The van der Waals surface area contributed by atoms with E-state index >= 15 is 0 Å². The molecule has 0 spiro atoms. The Morgan fingerprint density at radius 1 is 1.09 bits per heavy atom. The minimum Gasteiger partial charge on any atom is -0.381 e. The normalized spacial score (nSPS) is 10.2. The summed E-state index contributed by atoms with van der Waals surface area (Å²) < 4.78 is 0. The van der Waals surface area contributed by atoms with Crippen LogP contribution in [0.3, 0.4) is 0 Å². The second-order valence-corrected chi connectivity index (χ2v) is 5.74. The molecule has 23 heavy (non-hydrogen) atoms. The van der Waals surface area contributed by atoms with Crippen molar-refractivity contribution in [1.82, 2.24) is 5.32 Å². The van der Waals surface area contributed by atoms with Gasteiger partial charge in [0.1, 0.15) is 0 Å². The van der Waals surface area contributed by atoms with E-state index < -0.39 is 0 Å². The average molecular weight is 303 g/mol. The summed E-state index contributed by atoms with van der Waals surface area (Å²) in [5, 5.41) is 3.45. The van der Waals surface area contributed by atoms with E-state index in [1.807, 2.05) is 31.2 Å². The van der Waals surface area contributed by atoms with Gasteiger partial charge in [-0.25, -0.2) is 0 Å². The van der Waals surface area contributed by atoms with E-state index in [2.05, 4.69) is 56.2 Å². The third-order valence-electron chi connectivity index (χ3n) is 4.08. The molecule has 2 aromatic rings. The molecule has 0 saturated carbocycles. The SMILES string of the molecule is C=Cc1ccccc1C(=C)NCc1ccc(C(=C)C)cc1CC. The second-order valence-electron chi connectivity index (χ2n) is 5.74. The summed E-state index contributed by atoms with van der Waals surface area (Å²) in [6.45, 7) is 17.1. The van der Waals surface area contributed by atoms with E-state index in [-0.39, 0.29) is 0 Å². The standard InChI is InChI=1S/C22H25N/c1-6-18-10-8-9-11-22(18)17(5)23-15-21-13-12-20(16(3)4)14-19(21)7-2/h6,8-14,23H,1,3,5,7,15H2,2,4H3. The van der Waals surface area contributed by atoms with E-state index in [0.717, 1.165) is 35.4 Å². The molecule has 118 valence electrons. The number of aryl methyl sites for hydroxylation is 1. The van der Waals surface area contributed by atoms with Gasteiger partial charge >= 0.3 is 0 Å². The van der Waals surface area contributed by atoms with Crippen LogP contribution in [0.25, 0.3) is 17.3 Å². The summed E-state index contributed by atoms with van der Waals surface area (Å²) in [7, 11) is 0. The van der Waals surface area contributed by atoms with Gasteiger partial charge in [-0.1, -0.05) is 80.8 Å². The van der Waals surface area contributed by atoms with E-state index in [4.69, 9.17) is 0 Å². The van der Waals surface area contributed by atoms with Gasteiger partial charge in [0.15, 0.2) is 0 Å². The van der Waals surface area contributed by atoms with E-state index in [1.165, 1.54) is 16.7 Å². The fourth-order valence-corrected chi connectivity index (χ4v) is 2.64. The predicted octanol–water partition coefficient (Wildman–Crippen LogP) is 5.69. The molecular formula is C22H25N. The van der Waals surface area contributed by atoms with Crippen molar-refractivity contribution in [3.05, 3.63) is 90.0 Å². The quantitative estimate of drug-likeness (QED) is 0.693. The Morgan fingerprint density at radius 3 is 2.48 bits per heavy atom. The van der Waals surface area contributed by atoms with Crippen LogP contribution in [0.5, 0.6) is 0 Å². The van der Waals surface area contributed by atoms with Crippen molar-refractivity contribution >= 4 is 17.3 Å². The first kappa shape index (κ1) is 16.8. The van der Waals surface area contributed by atoms with Gasteiger partial charge in [-0.15, -0.1) is 0 Å². The van der Waals surface area contributed by atoms with Crippen LogP contribution >= 0.6 is 0 Å². The third-order valence-corrected chi connectivity index (χ3v) is 4.08. The number of rotatable bonds is 7. The average Bonchev–Trinajstić information content (AvgIpc) is 2.59. The smallest absolute Gasteiger partial charge is 0.0403 e. The monoisotopic (exact) mass is 303 g/mol. The maximum atomic E-state index is 4.18. The molecule has 0 fully saturated rings. The molecule has 2 aromatic carbocycles. The molecule has 0 amide bonds. The molecule has 0 radical (unpaired) electrons. The molecule has 0 saturated heterocycles. The van der Waals surface area contributed by atoms with Gasteiger partial charge in [0, 0.05) is 17.8 Å². The van der Waals surface area contributed by atoms with Crippen molar-refractivity contribution in [2.24, 2.45) is 0 Å². The summed E-state index contributed by atoms with van der Waals surface area (Å²) in [5.41, 5.74) is 8.08. The maximum Gasteiger partial charge on any atom is 0.0403 e. The Kier molecular flexibility index (Phi) is 5.59. The summed E-state index contributed by atoms with van der Waals surface area (Å²) in [6, 6.07) is 14.7. The van der Waals surface area contributed by atoms with Crippen LogP contribution in [0, 0.1) is 0 Å². The van der Waals surface area contributed by atoms with Crippen molar-refractivity contribution < 1.29 is 0 Å². The van der Waals surface area contributed by atoms with E-state index in [1.54, 1.807) is 0 Å². The number of nitrogens with one attached hydrogen (secondary N) is 1. The first-order valence-electron chi connectivity index (χ1n) is 7.99. The Hall–Kier alpha value is -2.54. The highest BCUT2D eigenvalue weighted by molar-refractivity contribution is 5.71. The number of allylic oxidation sites excluding steroid dienone is 1. The molecule has 0 heterocycles. The molecule has 0 aliphatic heterocycles. The Labute approximate surface area is 140 Å². The first-order valence-corrected chi connectivity index (χ1v) is 7.99. The third kappa shape index (κ3) is 4.01. The minimum absolute atomic E-state index is 0.768. The van der Waals surface area contributed by atoms with Gasteiger partial charge in [0.2, 0.25) is 0 Å². The van der Waals surface area contributed by atoms with Gasteiger partial charge in [-0.05, 0) is 35.6 Å². The van der Waals surface area contributed by atoms with Crippen LogP contribution in [0.15, 0.2) is 62.2 Å². The minimum atomic E-state index is 0.768. The fourth-order valence-electron chi connectivity index (χ4n) is 2.64. The highest BCUT2D eigenvalue weighted by Crippen LogP contribution is 2.20. The van der Waals surface area contributed by atoms with Crippen molar-refractivity contribution in [2.75, 3.05) is 0 Å². The summed E-state index contributed by atoms with van der Waals surface area (Å²) in [5.74, 6) is 0. The molecule has 0 atom stereocenters. The van der Waals surface area contributed by atoms with E-state index in [9.17, 15) is 0 Å². The van der Waals surface area contributed by atoms with Crippen molar-refractivity contribution in [3.63, 3.8) is 0 Å². The van der Waals surface area contributed by atoms with Crippen LogP contribution in [-0.2, 0) is 13.0 Å². The van der Waals surface area contributed by atoms with Crippen LogP contribution in [0.4, 0.5) is 0 Å². The van der Waals surface area contributed by atoms with Crippen molar-refractivity contribution in [2.45, 2.75) is 26.8 Å². The molecule has 0 aliphatic rings. The Bertz CT molecular complexity index is 737. The lowest BCUT2D eigenvalue weighted by Crippen LogP contribution is -2.13. The molecular weight excluding hydrogens is 278 g/mol. The fraction of sp³-hybridized carbons (Fsp3) is 0.182. The summed E-state index contributed by atoms with van der Waals surface area (Å²) >= 11 is 0. The lowest BCUT2D eigenvalue weighted by molar-refractivity contribution is 0.871. The highest BCUT2D eigenvalue weighted by atomic mass is 14.9. The Balaban J connectivity index is 2.16. The topological polar surface area (TPSA) is 12.0 Å². The molecule has 0 unspecified atom stereocenters. The highest BCUT2D eigenvalue weighted by Gasteiger charge is 2.06. The molecule has 2 rings (SSSR count). The molecule has 1 N–H and O–H groups in total. The zero-order valence-electron chi connectivity index (χ0n) is 14.2. The summed E-state index contributed by atoms with van der Waals surface area (Å²) in [4.78, 5) is 0. The Morgan fingerprint density at radius 2 is 1.83 bits per heavy atom. The lowest BCUT2D eigenvalue weighted by atomic mass is 9.98. The molecule has 0 bridgehead atoms. The zero-order chi connectivity index (χ0) is 16.8. The van der Waals surface area contributed by atoms with Crippen LogP contribution in [0.2, 0.25) is 0 Å². The molecule has 1 heteroatoms. The van der Waals surface area contributed by atoms with Crippen molar-refractivity contribution in [1.29, 1.82) is 0 Å². The van der Waals surface area contributed by atoms with E-state index in [0.29, 0.717) is 0 Å². The number of hydrogen-bond acceptors (Lipinski definition) is 1. The molecule has 0 aliphatic carbocycles. The first-order chi connectivity index (χ1) is 11.1. The van der Waals surface area contributed by atoms with Gasteiger partial charge in [-0.2, -0.15) is 0 Å². The largest absolute Gasteiger partial charge is 0.381 e. The maximum absolute atomic E-state index is 4.18. The number of benzene rings is 2. The van der Waals surface area contributed by atoms with Gasteiger partial charge in [0.25, 0.3) is 0 Å². The second kappa shape index (κ2) is 7.64. The predicted molar refractivity (Wildman–Crippen MR) is 103 cm³/mol. The summed E-state index contributed by atoms with van der Waals surface area (Å²) in [6.07, 6.45) is 2.87. The molecule has 0 aromatic heterocycles. The van der Waals surface area contributed by atoms with Crippen LogP contribution < -0.4 is 5.32 Å². The van der Waals surface area contributed by atoms with Gasteiger partial charge in [-0.3, -0.25) is 0 Å². The van der Waals surface area contributed by atoms with Crippen LogP contribution in [0.1, 0.15) is 41.7 Å². The lowest BCUT2D eigenvalue weighted by Gasteiger charge is -2.15. The number of hydrogen-bond donors (Lipinski definition) is 1. The van der Waals surface area contributed by atoms with Gasteiger partial charge < -0.3 is 5.32 Å². The zero-order valence-corrected chi connectivity index (χ0v) is 14.2. The van der Waals surface area contributed by atoms with Crippen molar-refractivity contribution in [3.8, 4) is 0 Å². The molecule has 1 nitrogen and oxygen atoms in total. The van der Waals surface area contributed by atoms with Gasteiger partial charge in [0.05, 0.1) is 0 Å². The van der Waals surface area contributed by atoms with Crippen LogP contribution in [-0.4, -0.2) is 0 Å².